The van der Waals surface area contributed by atoms with E-state index >= 15 is 0 Å². The third kappa shape index (κ3) is 2.30. The van der Waals surface area contributed by atoms with E-state index in [0.717, 1.165) is 47.3 Å². The average Bonchev–Trinajstić information content (AvgIpc) is 3.09. The SMILES string of the molecule is O=C1C=C(Nc2cccc3c4c(oc23)CCCC4)C(=O)N1CCO. The molecule has 2 amide bonds. The van der Waals surface area contributed by atoms with Crippen molar-refractivity contribution in [1.82, 2.24) is 4.90 Å². The van der Waals surface area contributed by atoms with Crippen molar-refractivity contribution in [2.45, 2.75) is 25.7 Å². The number of carbonyl (C=O) groups excluding carboxylic acids is 2. The van der Waals surface area contributed by atoms with Crippen LogP contribution in [0.15, 0.2) is 34.4 Å². The van der Waals surface area contributed by atoms with E-state index < -0.39 is 11.8 Å². The number of amides is 2. The van der Waals surface area contributed by atoms with E-state index in [1.807, 2.05) is 18.2 Å². The Hall–Kier alpha value is -2.60. The highest BCUT2D eigenvalue weighted by Crippen LogP contribution is 2.36. The minimum absolute atomic E-state index is 0.00139. The van der Waals surface area contributed by atoms with Crippen molar-refractivity contribution < 1.29 is 19.1 Å². The van der Waals surface area contributed by atoms with Crippen molar-refractivity contribution in [2.24, 2.45) is 0 Å². The van der Waals surface area contributed by atoms with Gasteiger partial charge >= 0.3 is 0 Å². The monoisotopic (exact) mass is 326 g/mol. The van der Waals surface area contributed by atoms with Crippen molar-refractivity contribution in [2.75, 3.05) is 18.5 Å². The number of aryl methyl sites for hydroxylation is 2. The Morgan fingerprint density at radius 3 is 2.88 bits per heavy atom. The zero-order valence-corrected chi connectivity index (χ0v) is 13.2. The predicted molar refractivity (Wildman–Crippen MR) is 88.4 cm³/mol. The summed E-state index contributed by atoms with van der Waals surface area (Å²) >= 11 is 0. The number of fused-ring (bicyclic) bond motifs is 3. The minimum atomic E-state index is -0.428. The van der Waals surface area contributed by atoms with Gasteiger partial charge in [-0.05, 0) is 25.3 Å². The smallest absolute Gasteiger partial charge is 0.277 e. The molecule has 6 heteroatoms. The molecule has 0 unspecified atom stereocenters. The van der Waals surface area contributed by atoms with Crippen molar-refractivity contribution in [3.05, 3.63) is 41.3 Å². The first kappa shape index (κ1) is 15.0. The largest absolute Gasteiger partial charge is 0.459 e. The molecule has 0 saturated carbocycles. The second kappa shape index (κ2) is 5.79. The fourth-order valence-electron chi connectivity index (χ4n) is 3.44. The van der Waals surface area contributed by atoms with Gasteiger partial charge in [-0.1, -0.05) is 12.1 Å². The molecular formula is C18H18N2O4. The molecule has 2 heterocycles. The molecule has 1 aromatic heterocycles. The maximum Gasteiger partial charge on any atom is 0.277 e. The van der Waals surface area contributed by atoms with Gasteiger partial charge in [0.25, 0.3) is 11.8 Å². The first-order valence-electron chi connectivity index (χ1n) is 8.17. The molecule has 6 nitrogen and oxygen atoms in total. The number of imide groups is 1. The highest BCUT2D eigenvalue weighted by molar-refractivity contribution is 6.18. The van der Waals surface area contributed by atoms with Crippen molar-refractivity contribution in [1.29, 1.82) is 0 Å². The lowest BCUT2D eigenvalue weighted by molar-refractivity contribution is -0.137. The summed E-state index contributed by atoms with van der Waals surface area (Å²) in [5, 5.41) is 13.1. The van der Waals surface area contributed by atoms with Crippen molar-refractivity contribution in [3.8, 4) is 0 Å². The first-order chi connectivity index (χ1) is 11.7. The molecule has 0 radical (unpaired) electrons. The lowest BCUT2D eigenvalue weighted by Gasteiger charge is -2.13. The number of furan rings is 1. The van der Waals surface area contributed by atoms with Crippen molar-refractivity contribution >= 4 is 28.5 Å². The summed E-state index contributed by atoms with van der Waals surface area (Å²) in [6.07, 6.45) is 5.50. The number of benzene rings is 1. The molecular weight excluding hydrogens is 308 g/mol. The van der Waals surface area contributed by atoms with Crippen LogP contribution in [0.4, 0.5) is 5.69 Å². The number of carbonyl (C=O) groups is 2. The van der Waals surface area contributed by atoms with Crippen LogP contribution in [-0.2, 0) is 22.4 Å². The van der Waals surface area contributed by atoms with E-state index in [2.05, 4.69) is 5.32 Å². The van der Waals surface area contributed by atoms with Crippen molar-refractivity contribution in [3.63, 3.8) is 0 Å². The molecule has 2 N–H and O–H groups in total. The highest BCUT2D eigenvalue weighted by atomic mass is 16.3. The van der Waals surface area contributed by atoms with E-state index in [1.165, 1.54) is 11.6 Å². The van der Waals surface area contributed by atoms with Crippen LogP contribution in [0.1, 0.15) is 24.2 Å². The molecule has 0 atom stereocenters. The molecule has 124 valence electrons. The maximum absolute atomic E-state index is 12.3. The number of hydrogen-bond donors (Lipinski definition) is 2. The number of rotatable bonds is 4. The number of aliphatic hydroxyl groups excluding tert-OH is 1. The quantitative estimate of drug-likeness (QED) is 0.839. The van der Waals surface area contributed by atoms with Gasteiger partial charge in [-0.2, -0.15) is 0 Å². The van der Waals surface area contributed by atoms with Crippen LogP contribution in [0.2, 0.25) is 0 Å². The van der Waals surface area contributed by atoms with Crippen LogP contribution in [0.3, 0.4) is 0 Å². The molecule has 4 rings (SSSR count). The van der Waals surface area contributed by atoms with Gasteiger partial charge in [0.15, 0.2) is 5.58 Å². The maximum atomic E-state index is 12.3. The molecule has 0 saturated heterocycles. The van der Waals surface area contributed by atoms with E-state index in [9.17, 15) is 9.59 Å². The Labute approximate surface area is 138 Å². The number of hydrogen-bond acceptors (Lipinski definition) is 5. The van der Waals surface area contributed by atoms with Gasteiger partial charge in [0.1, 0.15) is 11.5 Å². The Bertz CT molecular complexity index is 865. The standard InChI is InChI=1S/C18H18N2O4/c21-9-8-20-16(22)10-14(18(20)23)19-13-6-3-5-12-11-4-1-2-7-15(11)24-17(12)13/h3,5-6,10,19,21H,1-2,4,7-9H2. The number of nitrogens with zero attached hydrogens (tertiary/aromatic N) is 1. The summed E-state index contributed by atoms with van der Waals surface area (Å²) in [7, 11) is 0. The van der Waals surface area contributed by atoms with Crippen LogP contribution in [-0.4, -0.2) is 35.0 Å². The van der Waals surface area contributed by atoms with Gasteiger partial charge in [0.05, 0.1) is 18.8 Å². The van der Waals surface area contributed by atoms with E-state index in [0.29, 0.717) is 5.69 Å². The molecule has 0 bridgehead atoms. The van der Waals surface area contributed by atoms with Gasteiger partial charge in [0, 0.05) is 23.4 Å². The fraction of sp³-hybridized carbons (Fsp3) is 0.333. The zero-order chi connectivity index (χ0) is 16.7. The summed E-state index contributed by atoms with van der Waals surface area (Å²) < 4.78 is 6.03. The third-order valence-electron chi connectivity index (χ3n) is 4.58. The first-order valence-corrected chi connectivity index (χ1v) is 8.17. The molecule has 2 aliphatic rings. The Morgan fingerprint density at radius 2 is 2.04 bits per heavy atom. The lowest BCUT2D eigenvalue weighted by Crippen LogP contribution is -2.34. The molecule has 24 heavy (non-hydrogen) atoms. The highest BCUT2D eigenvalue weighted by Gasteiger charge is 2.31. The molecule has 0 fully saturated rings. The number of anilines is 1. The number of β-amino-alcohol motifs (C(OH)–C–C–N with tert-alkyl or cyclic N) is 1. The van der Waals surface area contributed by atoms with E-state index in [-0.39, 0.29) is 18.8 Å². The third-order valence-corrected chi connectivity index (χ3v) is 4.58. The van der Waals surface area contributed by atoms with Gasteiger partial charge in [0.2, 0.25) is 0 Å². The molecule has 1 aliphatic heterocycles. The second-order valence-electron chi connectivity index (χ2n) is 6.09. The van der Waals surface area contributed by atoms with Crippen LogP contribution in [0.5, 0.6) is 0 Å². The molecule has 2 aromatic rings. The summed E-state index contributed by atoms with van der Waals surface area (Å²) in [6.45, 7) is -0.252. The number of aliphatic hydroxyl groups is 1. The van der Waals surface area contributed by atoms with Crippen LogP contribution in [0.25, 0.3) is 11.0 Å². The van der Waals surface area contributed by atoms with Gasteiger partial charge in [-0.15, -0.1) is 0 Å². The summed E-state index contributed by atoms with van der Waals surface area (Å²) in [5.74, 6) is 0.181. The number of nitrogens with one attached hydrogen (secondary N) is 1. The van der Waals surface area contributed by atoms with E-state index in [1.54, 1.807) is 0 Å². The van der Waals surface area contributed by atoms with Gasteiger partial charge < -0.3 is 14.8 Å². The molecule has 1 aliphatic carbocycles. The summed E-state index contributed by atoms with van der Waals surface area (Å²) in [6, 6.07) is 5.79. The minimum Gasteiger partial charge on any atom is -0.459 e. The normalized spacial score (nSPS) is 17.4. The zero-order valence-electron chi connectivity index (χ0n) is 13.2. The fourth-order valence-corrected chi connectivity index (χ4v) is 3.44. The summed E-state index contributed by atoms with van der Waals surface area (Å²) in [5.41, 5.74) is 2.87. The lowest BCUT2D eigenvalue weighted by atomic mass is 9.96. The van der Waals surface area contributed by atoms with Crippen LogP contribution < -0.4 is 5.32 Å². The molecule has 0 spiro atoms. The second-order valence-corrected chi connectivity index (χ2v) is 6.09. The van der Waals surface area contributed by atoms with Crippen LogP contribution >= 0.6 is 0 Å². The Balaban J connectivity index is 1.68. The predicted octanol–water partition coefficient (Wildman–Crippen LogP) is 1.97. The van der Waals surface area contributed by atoms with Crippen LogP contribution in [0, 0.1) is 0 Å². The Kier molecular flexibility index (Phi) is 3.61. The summed E-state index contributed by atoms with van der Waals surface area (Å²) in [4.78, 5) is 25.1. The Morgan fingerprint density at radius 1 is 1.21 bits per heavy atom. The van der Waals surface area contributed by atoms with Gasteiger partial charge in [-0.25, -0.2) is 0 Å². The number of para-hydroxylation sites is 1. The van der Waals surface area contributed by atoms with E-state index in [4.69, 9.17) is 9.52 Å². The average molecular weight is 326 g/mol. The topological polar surface area (TPSA) is 82.8 Å². The molecule has 1 aromatic carbocycles. The van der Waals surface area contributed by atoms with Gasteiger partial charge in [-0.3, -0.25) is 14.5 Å².